The minimum atomic E-state index is 0.779. The van der Waals surface area contributed by atoms with E-state index in [1.165, 1.54) is 0 Å². The van der Waals surface area contributed by atoms with Gasteiger partial charge in [0.1, 0.15) is 0 Å². The number of aryl methyl sites for hydroxylation is 1. The van der Waals surface area contributed by atoms with Gasteiger partial charge in [-0.15, -0.1) is 6.58 Å². The quantitative estimate of drug-likeness (QED) is 0.788. The molecule has 0 atom stereocenters. The van der Waals surface area contributed by atoms with Crippen LogP contribution in [0.3, 0.4) is 0 Å². The fourth-order valence-electron chi connectivity index (χ4n) is 1.60. The highest BCUT2D eigenvalue weighted by atomic mass is 79.9. The molecule has 1 aromatic heterocycles. The summed E-state index contributed by atoms with van der Waals surface area (Å²) in [6.45, 7) is 5.70. The molecule has 0 spiro atoms. The molecular weight excluding hydrogens is 266 g/mol. The summed E-state index contributed by atoms with van der Waals surface area (Å²) in [6, 6.07) is 8.00. The van der Waals surface area contributed by atoms with Gasteiger partial charge < -0.3 is 4.52 Å². The molecule has 1 heterocycles. The minimum absolute atomic E-state index is 0.779. The third kappa shape index (κ3) is 2.09. The predicted molar refractivity (Wildman–Crippen MR) is 68.3 cm³/mol. The highest BCUT2D eigenvalue weighted by molar-refractivity contribution is 9.10. The van der Waals surface area contributed by atoms with Gasteiger partial charge in [-0.3, -0.25) is 0 Å². The number of hydrogen-bond acceptors (Lipinski definition) is 2. The van der Waals surface area contributed by atoms with E-state index in [2.05, 4.69) is 27.7 Å². The lowest BCUT2D eigenvalue weighted by molar-refractivity contribution is 0.427. The van der Waals surface area contributed by atoms with E-state index < -0.39 is 0 Å². The molecule has 0 radical (unpaired) electrons. The molecule has 0 amide bonds. The van der Waals surface area contributed by atoms with Crippen LogP contribution < -0.4 is 0 Å². The molecule has 0 saturated heterocycles. The Morgan fingerprint density at radius 3 is 2.69 bits per heavy atom. The second kappa shape index (κ2) is 4.66. The van der Waals surface area contributed by atoms with Crippen LogP contribution in [0.2, 0.25) is 0 Å². The van der Waals surface area contributed by atoms with Crippen molar-refractivity contribution in [1.29, 1.82) is 0 Å². The molecule has 0 N–H and O–H groups in total. The van der Waals surface area contributed by atoms with Crippen molar-refractivity contribution in [3.8, 4) is 11.3 Å². The van der Waals surface area contributed by atoms with Crippen molar-refractivity contribution in [3.63, 3.8) is 0 Å². The Balaban J connectivity index is 2.47. The molecule has 0 aliphatic carbocycles. The lowest BCUT2D eigenvalue weighted by Gasteiger charge is -1.99. The maximum absolute atomic E-state index is 5.36. The number of aromatic nitrogens is 1. The summed E-state index contributed by atoms with van der Waals surface area (Å²) in [4.78, 5) is 0. The van der Waals surface area contributed by atoms with Gasteiger partial charge in [0, 0.05) is 15.6 Å². The molecule has 2 aromatic rings. The molecule has 0 aliphatic rings. The minimum Gasteiger partial charge on any atom is -0.356 e. The average Bonchev–Trinajstić information content (AvgIpc) is 2.63. The third-order valence-corrected chi connectivity index (χ3v) is 2.97. The second-order valence-electron chi connectivity index (χ2n) is 3.58. The molecule has 82 valence electrons. The molecule has 0 aliphatic heterocycles. The number of allylic oxidation sites excluding steroid dienone is 1. The number of benzene rings is 1. The lowest BCUT2D eigenvalue weighted by Crippen LogP contribution is -1.85. The largest absolute Gasteiger partial charge is 0.356 e. The summed E-state index contributed by atoms with van der Waals surface area (Å²) in [5.74, 6) is 0.838. The smallest absolute Gasteiger partial charge is 0.170 e. The summed E-state index contributed by atoms with van der Waals surface area (Å²) in [5, 5.41) is 4.00. The van der Waals surface area contributed by atoms with Crippen molar-refractivity contribution < 1.29 is 4.52 Å². The van der Waals surface area contributed by atoms with E-state index in [0.29, 0.717) is 0 Å². The second-order valence-corrected chi connectivity index (χ2v) is 4.49. The number of rotatable bonds is 3. The van der Waals surface area contributed by atoms with E-state index in [1.807, 2.05) is 37.3 Å². The first-order chi connectivity index (χ1) is 7.72. The van der Waals surface area contributed by atoms with E-state index in [0.717, 1.165) is 33.5 Å². The van der Waals surface area contributed by atoms with Crippen molar-refractivity contribution in [2.75, 3.05) is 0 Å². The zero-order valence-corrected chi connectivity index (χ0v) is 10.6. The normalized spacial score (nSPS) is 10.4. The van der Waals surface area contributed by atoms with Crippen LogP contribution in [0, 0.1) is 6.92 Å². The van der Waals surface area contributed by atoms with E-state index in [4.69, 9.17) is 4.52 Å². The average molecular weight is 278 g/mol. The Morgan fingerprint density at radius 2 is 2.06 bits per heavy atom. The monoisotopic (exact) mass is 277 g/mol. The molecule has 0 saturated carbocycles. The third-order valence-electron chi connectivity index (χ3n) is 2.44. The van der Waals surface area contributed by atoms with Crippen LogP contribution in [0.1, 0.15) is 11.3 Å². The Kier molecular flexibility index (Phi) is 3.25. The number of halogens is 1. The highest BCUT2D eigenvalue weighted by Gasteiger charge is 2.13. The maximum atomic E-state index is 5.36. The van der Waals surface area contributed by atoms with Crippen molar-refractivity contribution in [1.82, 2.24) is 5.16 Å². The van der Waals surface area contributed by atoms with Crippen LogP contribution in [-0.4, -0.2) is 5.16 Å². The van der Waals surface area contributed by atoms with Gasteiger partial charge >= 0.3 is 0 Å². The van der Waals surface area contributed by atoms with Gasteiger partial charge in [0.2, 0.25) is 0 Å². The van der Waals surface area contributed by atoms with Crippen molar-refractivity contribution in [2.24, 2.45) is 0 Å². The Hall–Kier alpha value is -1.35. The topological polar surface area (TPSA) is 26.0 Å². The highest BCUT2D eigenvalue weighted by Crippen LogP contribution is 2.27. The van der Waals surface area contributed by atoms with E-state index in [-0.39, 0.29) is 0 Å². The maximum Gasteiger partial charge on any atom is 0.170 e. The molecule has 2 nitrogen and oxygen atoms in total. The van der Waals surface area contributed by atoms with Crippen molar-refractivity contribution >= 4 is 15.9 Å². The molecule has 16 heavy (non-hydrogen) atoms. The van der Waals surface area contributed by atoms with Gasteiger partial charge in [-0.1, -0.05) is 39.3 Å². The predicted octanol–water partition coefficient (Wildman–Crippen LogP) is 4.14. The lowest BCUT2D eigenvalue weighted by atomic mass is 10.0. The molecule has 2 rings (SSSR count). The van der Waals surface area contributed by atoms with E-state index >= 15 is 0 Å². The number of nitrogens with zero attached hydrogens (tertiary/aromatic N) is 1. The van der Waals surface area contributed by atoms with E-state index in [9.17, 15) is 0 Å². The van der Waals surface area contributed by atoms with Gasteiger partial charge in [0.15, 0.2) is 5.76 Å². The Labute approximate surface area is 103 Å². The van der Waals surface area contributed by atoms with Crippen LogP contribution in [0.15, 0.2) is 45.9 Å². The van der Waals surface area contributed by atoms with Crippen LogP contribution in [0.5, 0.6) is 0 Å². The van der Waals surface area contributed by atoms with Gasteiger partial charge in [-0.2, -0.15) is 0 Å². The Morgan fingerprint density at radius 1 is 1.38 bits per heavy atom. The molecule has 0 bridgehead atoms. The molecule has 0 unspecified atom stereocenters. The van der Waals surface area contributed by atoms with Gasteiger partial charge in [0.25, 0.3) is 0 Å². The molecule has 3 heteroatoms. The molecule has 1 aromatic carbocycles. The van der Waals surface area contributed by atoms with Gasteiger partial charge in [-0.25, -0.2) is 0 Å². The van der Waals surface area contributed by atoms with Crippen molar-refractivity contribution in [2.45, 2.75) is 13.3 Å². The summed E-state index contributed by atoms with van der Waals surface area (Å²) >= 11 is 3.41. The van der Waals surface area contributed by atoms with Gasteiger partial charge in [-0.05, 0) is 25.5 Å². The fraction of sp³-hybridized carbons (Fsp3) is 0.154. The first-order valence-corrected chi connectivity index (χ1v) is 5.83. The SMILES string of the molecule is C=CCc1c(C)noc1-c1ccc(Br)cc1. The summed E-state index contributed by atoms with van der Waals surface area (Å²) in [5.41, 5.74) is 3.08. The van der Waals surface area contributed by atoms with Crippen molar-refractivity contribution in [3.05, 3.63) is 52.7 Å². The summed E-state index contributed by atoms with van der Waals surface area (Å²) in [6.07, 6.45) is 2.64. The zero-order valence-electron chi connectivity index (χ0n) is 9.03. The molecule has 0 fully saturated rings. The zero-order chi connectivity index (χ0) is 11.5. The van der Waals surface area contributed by atoms with Crippen LogP contribution in [0.4, 0.5) is 0 Å². The summed E-state index contributed by atoms with van der Waals surface area (Å²) in [7, 11) is 0. The fourth-order valence-corrected chi connectivity index (χ4v) is 1.87. The van der Waals surface area contributed by atoms with Crippen LogP contribution in [-0.2, 0) is 6.42 Å². The first-order valence-electron chi connectivity index (χ1n) is 5.04. The first kappa shape index (κ1) is 11.1. The summed E-state index contributed by atoms with van der Waals surface area (Å²) < 4.78 is 6.41. The van der Waals surface area contributed by atoms with E-state index in [1.54, 1.807) is 0 Å². The Bertz CT molecular complexity index is 499. The number of hydrogen-bond donors (Lipinski definition) is 0. The standard InChI is InChI=1S/C13H12BrNO/c1-3-4-12-9(2)15-16-13(12)10-5-7-11(14)8-6-10/h3,5-8H,1,4H2,2H3. The van der Waals surface area contributed by atoms with Crippen LogP contribution in [0.25, 0.3) is 11.3 Å². The van der Waals surface area contributed by atoms with Gasteiger partial charge in [0.05, 0.1) is 5.69 Å². The molecular formula is C13H12BrNO. The van der Waals surface area contributed by atoms with Crippen LogP contribution >= 0.6 is 15.9 Å².